The topological polar surface area (TPSA) is 59.1 Å². The van der Waals surface area contributed by atoms with Gasteiger partial charge in [-0.05, 0) is 12.1 Å². The zero-order chi connectivity index (χ0) is 14.0. The number of hydrogen-bond donors (Lipinski definition) is 1. The van der Waals surface area contributed by atoms with Crippen molar-refractivity contribution >= 4 is 27.0 Å². The Morgan fingerprint density at radius 2 is 2.05 bits per heavy atom. The molecule has 2 aromatic rings. The molecule has 0 aliphatic heterocycles. The van der Waals surface area contributed by atoms with Crippen molar-refractivity contribution in [2.75, 3.05) is 11.0 Å². The highest BCUT2D eigenvalue weighted by Gasteiger charge is 2.09. The Morgan fingerprint density at radius 1 is 1.32 bits per heavy atom. The molecule has 1 heterocycles. The van der Waals surface area contributed by atoms with Crippen molar-refractivity contribution in [1.29, 1.82) is 0 Å². The van der Waals surface area contributed by atoms with Gasteiger partial charge in [-0.25, -0.2) is 13.4 Å². The molecule has 0 saturated heterocycles. The maximum absolute atomic E-state index is 11.2. The third kappa shape index (κ3) is 3.78. The second-order valence-electron chi connectivity index (χ2n) is 4.68. The molecule has 4 nitrogen and oxygen atoms in total. The Morgan fingerprint density at radius 3 is 2.63 bits per heavy atom. The molecule has 1 aromatic carbocycles. The summed E-state index contributed by atoms with van der Waals surface area (Å²) in [5.74, 6) is 0.399. The molecule has 0 radical (unpaired) electrons. The van der Waals surface area contributed by atoms with E-state index in [1.54, 1.807) is 23.5 Å². The van der Waals surface area contributed by atoms with Crippen LogP contribution in [0.2, 0.25) is 0 Å². The molecule has 0 spiro atoms. The Kier molecular flexibility index (Phi) is 3.91. The summed E-state index contributed by atoms with van der Waals surface area (Å²) in [5.41, 5.74) is 2.35. The van der Waals surface area contributed by atoms with E-state index >= 15 is 0 Å². The fourth-order valence-electron chi connectivity index (χ4n) is 1.64. The molecule has 0 unspecified atom stereocenters. The Balaban J connectivity index is 2.32. The van der Waals surface area contributed by atoms with E-state index in [2.05, 4.69) is 23.6 Å². The highest BCUT2D eigenvalue weighted by molar-refractivity contribution is 7.92. The molecular weight excluding hydrogens is 280 g/mol. The zero-order valence-corrected chi connectivity index (χ0v) is 12.7. The van der Waals surface area contributed by atoms with E-state index in [0.717, 1.165) is 22.5 Å². The molecule has 0 fully saturated rings. The number of nitrogens with one attached hydrogen (secondary N) is 1. The van der Waals surface area contributed by atoms with E-state index in [1.165, 1.54) is 0 Å². The molecule has 19 heavy (non-hydrogen) atoms. The SMILES string of the molecule is CC(C)c1nc(-c2cccc(NS(C)(=O)=O)c2)cs1. The number of benzene rings is 1. The second-order valence-corrected chi connectivity index (χ2v) is 7.32. The molecule has 102 valence electrons. The van der Waals surface area contributed by atoms with Crippen LogP contribution in [0.15, 0.2) is 29.6 Å². The molecule has 0 amide bonds. The lowest BCUT2D eigenvalue weighted by molar-refractivity contribution is 0.607. The average Bonchev–Trinajstić information content (AvgIpc) is 2.76. The minimum Gasteiger partial charge on any atom is -0.284 e. The number of hydrogen-bond acceptors (Lipinski definition) is 4. The first-order chi connectivity index (χ1) is 8.85. The van der Waals surface area contributed by atoms with Gasteiger partial charge in [0, 0.05) is 22.5 Å². The second kappa shape index (κ2) is 5.30. The minimum absolute atomic E-state index is 0.399. The molecule has 6 heteroatoms. The predicted molar refractivity (Wildman–Crippen MR) is 80.1 cm³/mol. The highest BCUT2D eigenvalue weighted by atomic mass is 32.2. The fraction of sp³-hybridized carbons (Fsp3) is 0.308. The van der Waals surface area contributed by atoms with Gasteiger partial charge in [0.1, 0.15) is 0 Å². The van der Waals surface area contributed by atoms with Crippen molar-refractivity contribution in [1.82, 2.24) is 4.98 Å². The van der Waals surface area contributed by atoms with Crippen molar-refractivity contribution in [3.05, 3.63) is 34.7 Å². The fourth-order valence-corrected chi connectivity index (χ4v) is 3.04. The summed E-state index contributed by atoms with van der Waals surface area (Å²) >= 11 is 1.62. The van der Waals surface area contributed by atoms with Crippen molar-refractivity contribution in [2.45, 2.75) is 19.8 Å². The third-order valence-corrected chi connectivity index (χ3v) is 4.23. The first-order valence-electron chi connectivity index (χ1n) is 5.89. The first-order valence-corrected chi connectivity index (χ1v) is 8.66. The largest absolute Gasteiger partial charge is 0.284 e. The van der Waals surface area contributed by atoms with Crippen LogP contribution in [-0.4, -0.2) is 19.7 Å². The van der Waals surface area contributed by atoms with Crippen molar-refractivity contribution in [3.8, 4) is 11.3 Å². The van der Waals surface area contributed by atoms with Gasteiger partial charge in [0.05, 0.1) is 17.0 Å². The van der Waals surface area contributed by atoms with E-state index in [1.807, 2.05) is 17.5 Å². The van der Waals surface area contributed by atoms with Gasteiger partial charge >= 0.3 is 0 Å². The third-order valence-electron chi connectivity index (χ3n) is 2.48. The molecule has 1 N–H and O–H groups in total. The molecule has 0 aliphatic carbocycles. The van der Waals surface area contributed by atoms with Gasteiger partial charge in [-0.3, -0.25) is 4.72 Å². The summed E-state index contributed by atoms with van der Waals surface area (Å²) in [6.45, 7) is 4.20. The van der Waals surface area contributed by atoms with E-state index in [4.69, 9.17) is 0 Å². The van der Waals surface area contributed by atoms with E-state index in [9.17, 15) is 8.42 Å². The maximum atomic E-state index is 11.2. The van der Waals surface area contributed by atoms with Gasteiger partial charge in [0.25, 0.3) is 0 Å². The van der Waals surface area contributed by atoms with Crippen LogP contribution in [0.25, 0.3) is 11.3 Å². The summed E-state index contributed by atoms with van der Waals surface area (Å²) in [6.07, 6.45) is 1.14. The van der Waals surface area contributed by atoms with Gasteiger partial charge in [0.15, 0.2) is 0 Å². The van der Waals surface area contributed by atoms with E-state index in [0.29, 0.717) is 11.6 Å². The summed E-state index contributed by atoms with van der Waals surface area (Å²) < 4.78 is 24.9. The van der Waals surface area contributed by atoms with Crippen LogP contribution < -0.4 is 4.72 Å². The zero-order valence-electron chi connectivity index (χ0n) is 11.0. The summed E-state index contributed by atoms with van der Waals surface area (Å²) in [7, 11) is -3.25. The van der Waals surface area contributed by atoms with Crippen LogP contribution in [0.4, 0.5) is 5.69 Å². The van der Waals surface area contributed by atoms with Crippen molar-refractivity contribution in [3.63, 3.8) is 0 Å². The van der Waals surface area contributed by atoms with Crippen LogP contribution in [0.3, 0.4) is 0 Å². The van der Waals surface area contributed by atoms with Crippen LogP contribution in [0, 0.1) is 0 Å². The van der Waals surface area contributed by atoms with Crippen LogP contribution in [0.5, 0.6) is 0 Å². The van der Waals surface area contributed by atoms with E-state index in [-0.39, 0.29) is 0 Å². The van der Waals surface area contributed by atoms with Crippen LogP contribution in [0.1, 0.15) is 24.8 Å². The highest BCUT2D eigenvalue weighted by Crippen LogP contribution is 2.27. The smallest absolute Gasteiger partial charge is 0.229 e. The normalized spacial score (nSPS) is 11.8. The monoisotopic (exact) mass is 296 g/mol. The molecule has 1 aromatic heterocycles. The number of thiazole rings is 1. The Labute approximate surface area is 117 Å². The molecular formula is C13H16N2O2S2. The molecule has 2 rings (SSSR count). The van der Waals surface area contributed by atoms with Gasteiger partial charge in [-0.2, -0.15) is 0 Å². The lowest BCUT2D eigenvalue weighted by atomic mass is 10.1. The summed E-state index contributed by atoms with van der Waals surface area (Å²) in [5, 5.41) is 3.08. The maximum Gasteiger partial charge on any atom is 0.229 e. The Bertz CT molecular complexity index is 675. The van der Waals surface area contributed by atoms with E-state index < -0.39 is 10.0 Å². The van der Waals surface area contributed by atoms with Gasteiger partial charge in [0.2, 0.25) is 10.0 Å². The Hall–Kier alpha value is -1.40. The molecule has 0 atom stereocenters. The van der Waals surface area contributed by atoms with Crippen LogP contribution >= 0.6 is 11.3 Å². The minimum atomic E-state index is -3.25. The summed E-state index contributed by atoms with van der Waals surface area (Å²) in [4.78, 5) is 4.56. The molecule has 0 aliphatic rings. The first kappa shape index (κ1) is 14.0. The van der Waals surface area contributed by atoms with Crippen molar-refractivity contribution < 1.29 is 8.42 Å². The number of rotatable bonds is 4. The van der Waals surface area contributed by atoms with Gasteiger partial charge in [-0.15, -0.1) is 11.3 Å². The lowest BCUT2D eigenvalue weighted by Crippen LogP contribution is -2.09. The number of nitrogens with zero attached hydrogens (tertiary/aromatic N) is 1. The molecule has 0 bridgehead atoms. The standard InChI is InChI=1S/C13H16N2O2S2/c1-9(2)13-14-12(8-18-13)10-5-4-6-11(7-10)15-19(3,16)17/h4-9,15H,1-3H3. The molecule has 0 saturated carbocycles. The lowest BCUT2D eigenvalue weighted by Gasteiger charge is -2.05. The summed E-state index contributed by atoms with van der Waals surface area (Å²) in [6, 6.07) is 7.25. The van der Waals surface area contributed by atoms with Crippen molar-refractivity contribution in [2.24, 2.45) is 0 Å². The quantitative estimate of drug-likeness (QED) is 0.941. The number of aromatic nitrogens is 1. The number of sulfonamides is 1. The average molecular weight is 296 g/mol. The van der Waals surface area contributed by atoms with Crippen LogP contribution in [-0.2, 0) is 10.0 Å². The van der Waals surface area contributed by atoms with Gasteiger partial charge in [-0.1, -0.05) is 26.0 Å². The van der Waals surface area contributed by atoms with Gasteiger partial charge < -0.3 is 0 Å². The number of anilines is 1. The predicted octanol–water partition coefficient (Wildman–Crippen LogP) is 3.31.